The molecule has 1 aromatic rings. The van der Waals surface area contributed by atoms with Crippen LogP contribution in [-0.4, -0.2) is 68.4 Å². The van der Waals surface area contributed by atoms with Crippen LogP contribution in [0.2, 0.25) is 0 Å². The van der Waals surface area contributed by atoms with Gasteiger partial charge in [0.05, 0.1) is 12.2 Å². The molecule has 3 aliphatic carbocycles. The molecule has 0 aromatic carbocycles. The van der Waals surface area contributed by atoms with Crippen molar-refractivity contribution in [1.82, 2.24) is 20.2 Å². The molecule has 0 bridgehead atoms. The van der Waals surface area contributed by atoms with E-state index in [4.69, 9.17) is 0 Å². The Labute approximate surface area is 297 Å². The van der Waals surface area contributed by atoms with E-state index in [2.05, 4.69) is 15.3 Å². The van der Waals surface area contributed by atoms with Crippen molar-refractivity contribution in [3.63, 3.8) is 0 Å². The SMILES string of the molecule is CCCC(CC(=O)[C@@H]1[C@H]2CCC[C@H]2CN1C(=O)[C@@H](NC(=O)[C@@H](CC(=O)c1cnccn1)CC1CCCCC1)C(C)(C)C)C(=O)C(=O)CC1CC1. The third-order valence-corrected chi connectivity index (χ3v) is 11.8. The molecule has 2 amide bonds. The fourth-order valence-corrected chi connectivity index (χ4v) is 8.85. The molecule has 10 heteroatoms. The fourth-order valence-electron chi connectivity index (χ4n) is 8.85. The van der Waals surface area contributed by atoms with Crippen LogP contribution in [0.3, 0.4) is 0 Å². The van der Waals surface area contributed by atoms with Crippen molar-refractivity contribution >= 4 is 34.9 Å². The van der Waals surface area contributed by atoms with E-state index < -0.39 is 35.1 Å². The van der Waals surface area contributed by atoms with Gasteiger partial charge in [-0.15, -0.1) is 0 Å². The summed E-state index contributed by atoms with van der Waals surface area (Å²) in [6.45, 7) is 8.11. The second kappa shape index (κ2) is 16.8. The van der Waals surface area contributed by atoms with Gasteiger partial charge in [-0.1, -0.05) is 72.6 Å². The summed E-state index contributed by atoms with van der Waals surface area (Å²) in [4.78, 5) is 92.3. The van der Waals surface area contributed by atoms with Gasteiger partial charge < -0.3 is 10.2 Å². The zero-order valence-corrected chi connectivity index (χ0v) is 30.7. The second-order valence-corrected chi connectivity index (χ2v) is 16.8. The van der Waals surface area contributed by atoms with Crippen molar-refractivity contribution in [3.8, 4) is 0 Å². The van der Waals surface area contributed by atoms with E-state index in [0.717, 1.165) is 57.8 Å². The first kappa shape index (κ1) is 37.9. The maximum absolute atomic E-state index is 14.7. The lowest BCUT2D eigenvalue weighted by molar-refractivity contribution is -0.146. The monoisotopic (exact) mass is 690 g/mol. The van der Waals surface area contributed by atoms with Gasteiger partial charge >= 0.3 is 0 Å². The minimum atomic E-state index is -0.919. The summed E-state index contributed by atoms with van der Waals surface area (Å²) in [7, 11) is 0. The molecule has 1 unspecified atom stereocenters. The summed E-state index contributed by atoms with van der Waals surface area (Å²) in [5, 5.41) is 3.10. The van der Waals surface area contributed by atoms with Crippen LogP contribution >= 0.6 is 0 Å². The van der Waals surface area contributed by atoms with Crippen LogP contribution in [0.4, 0.5) is 0 Å². The number of carbonyl (C=O) groups is 6. The van der Waals surface area contributed by atoms with Crippen LogP contribution in [0.5, 0.6) is 0 Å². The van der Waals surface area contributed by atoms with Crippen LogP contribution in [0.25, 0.3) is 0 Å². The molecule has 5 rings (SSSR count). The van der Waals surface area contributed by atoms with Crippen molar-refractivity contribution in [2.24, 2.45) is 40.9 Å². The lowest BCUT2D eigenvalue weighted by Crippen LogP contribution is -2.58. The predicted octanol–water partition coefficient (Wildman–Crippen LogP) is 6.11. The van der Waals surface area contributed by atoms with Gasteiger partial charge in [0.1, 0.15) is 11.7 Å². The molecule has 4 fully saturated rings. The standard InChI is InChI=1S/C40H58N4O6/c1-5-10-27(36(48)34(47)20-26-15-16-26)21-33(46)35-30-14-9-13-28(30)24-44(35)39(50)37(40(2,3)4)43-38(49)29(19-25-11-7-6-8-12-25)22-32(45)31-23-41-17-18-42-31/h17-18,23,25-30,35,37H,5-16,19-22,24H2,1-4H3,(H,43,49)/t27?,28-,29+,30-,35-,37+/m0/s1. The summed E-state index contributed by atoms with van der Waals surface area (Å²) >= 11 is 0. The number of carbonyl (C=O) groups excluding carboxylic acids is 6. The molecule has 1 N–H and O–H groups in total. The Hall–Kier alpha value is -3.30. The number of likely N-dealkylation sites (tertiary alicyclic amines) is 1. The molecule has 1 aromatic heterocycles. The third kappa shape index (κ3) is 9.52. The molecule has 6 atom stereocenters. The Balaban J connectivity index is 1.35. The minimum absolute atomic E-state index is 0.00553. The molecule has 274 valence electrons. The molecule has 1 saturated heterocycles. The molecule has 10 nitrogen and oxygen atoms in total. The maximum Gasteiger partial charge on any atom is 0.246 e. The summed E-state index contributed by atoms with van der Waals surface area (Å²) in [6.07, 6.45) is 16.4. The van der Waals surface area contributed by atoms with E-state index in [0.29, 0.717) is 37.6 Å². The number of amides is 2. The van der Waals surface area contributed by atoms with Crippen molar-refractivity contribution in [2.75, 3.05) is 6.54 Å². The van der Waals surface area contributed by atoms with E-state index in [1.54, 1.807) is 4.90 Å². The van der Waals surface area contributed by atoms with Crippen LogP contribution in [-0.2, 0) is 24.0 Å². The summed E-state index contributed by atoms with van der Waals surface area (Å²) in [5.41, 5.74) is -0.463. The third-order valence-electron chi connectivity index (χ3n) is 11.8. The molecular weight excluding hydrogens is 632 g/mol. The first-order valence-electron chi connectivity index (χ1n) is 19.4. The molecule has 50 heavy (non-hydrogen) atoms. The van der Waals surface area contributed by atoms with Crippen molar-refractivity contribution in [3.05, 3.63) is 24.3 Å². The average molecular weight is 691 g/mol. The van der Waals surface area contributed by atoms with Crippen LogP contribution in [0.1, 0.15) is 141 Å². The molecule has 2 heterocycles. The Morgan fingerprint density at radius 2 is 1.62 bits per heavy atom. The number of fused-ring (bicyclic) bond motifs is 1. The smallest absolute Gasteiger partial charge is 0.246 e. The highest BCUT2D eigenvalue weighted by Crippen LogP contribution is 2.44. The highest BCUT2D eigenvalue weighted by molar-refractivity contribution is 6.38. The Bertz CT molecular complexity index is 1400. The van der Waals surface area contributed by atoms with Gasteiger partial charge in [-0.05, 0) is 67.6 Å². The van der Waals surface area contributed by atoms with Gasteiger partial charge in [-0.25, -0.2) is 4.98 Å². The average Bonchev–Trinajstić information content (AvgIpc) is 3.66. The van der Waals surface area contributed by atoms with Gasteiger partial charge in [0.2, 0.25) is 17.6 Å². The molecule has 0 spiro atoms. The van der Waals surface area contributed by atoms with E-state index in [-0.39, 0.29) is 66.0 Å². The van der Waals surface area contributed by atoms with Crippen molar-refractivity contribution < 1.29 is 28.8 Å². The molecular formula is C40H58N4O6. The Morgan fingerprint density at radius 3 is 2.26 bits per heavy atom. The molecule has 0 radical (unpaired) electrons. The van der Waals surface area contributed by atoms with Gasteiger partial charge in [0, 0.05) is 50.0 Å². The van der Waals surface area contributed by atoms with E-state index in [9.17, 15) is 28.8 Å². The van der Waals surface area contributed by atoms with E-state index >= 15 is 0 Å². The van der Waals surface area contributed by atoms with E-state index in [1.807, 2.05) is 27.7 Å². The summed E-state index contributed by atoms with van der Waals surface area (Å²) in [5.74, 6) is -2.31. The van der Waals surface area contributed by atoms with E-state index in [1.165, 1.54) is 25.0 Å². The Kier molecular flexibility index (Phi) is 12.8. The van der Waals surface area contributed by atoms with Gasteiger partial charge in [0.25, 0.3) is 0 Å². The number of nitrogens with zero attached hydrogens (tertiary/aromatic N) is 3. The lowest BCUT2D eigenvalue weighted by atomic mass is 9.80. The zero-order valence-electron chi connectivity index (χ0n) is 30.7. The van der Waals surface area contributed by atoms with Crippen LogP contribution in [0.15, 0.2) is 18.6 Å². The first-order valence-corrected chi connectivity index (χ1v) is 19.4. The van der Waals surface area contributed by atoms with Crippen LogP contribution in [0, 0.1) is 40.9 Å². The van der Waals surface area contributed by atoms with Gasteiger partial charge in [-0.2, -0.15) is 0 Å². The fraction of sp³-hybridized carbons (Fsp3) is 0.750. The Morgan fingerprint density at radius 1 is 0.880 bits per heavy atom. The topological polar surface area (TPSA) is 143 Å². The zero-order chi connectivity index (χ0) is 36.0. The highest BCUT2D eigenvalue weighted by Gasteiger charge is 2.52. The molecule has 3 saturated carbocycles. The number of Topliss-reactive ketones (excluding diaryl/α,β-unsaturated/α-hetero) is 4. The number of nitrogens with one attached hydrogen (secondary N) is 1. The minimum Gasteiger partial charge on any atom is -0.344 e. The quantitative estimate of drug-likeness (QED) is 0.152. The molecule has 1 aliphatic heterocycles. The largest absolute Gasteiger partial charge is 0.344 e. The molecule has 4 aliphatic rings. The summed E-state index contributed by atoms with van der Waals surface area (Å²) in [6, 6.07) is -1.60. The number of hydrogen-bond donors (Lipinski definition) is 1. The number of aromatic nitrogens is 2. The highest BCUT2D eigenvalue weighted by atomic mass is 16.2. The summed E-state index contributed by atoms with van der Waals surface area (Å²) < 4.78 is 0. The van der Waals surface area contributed by atoms with Gasteiger partial charge in [0.15, 0.2) is 17.3 Å². The predicted molar refractivity (Wildman–Crippen MR) is 189 cm³/mol. The van der Waals surface area contributed by atoms with Crippen molar-refractivity contribution in [2.45, 2.75) is 143 Å². The number of hydrogen-bond acceptors (Lipinski definition) is 8. The van der Waals surface area contributed by atoms with Crippen molar-refractivity contribution in [1.29, 1.82) is 0 Å². The normalized spacial score (nSPS) is 24.2. The lowest BCUT2D eigenvalue weighted by Gasteiger charge is -2.37. The van der Waals surface area contributed by atoms with Crippen LogP contribution < -0.4 is 5.32 Å². The second-order valence-electron chi connectivity index (χ2n) is 16.8. The number of rotatable bonds is 17. The number of ketones is 4. The first-order chi connectivity index (χ1) is 23.9. The van der Waals surface area contributed by atoms with Gasteiger partial charge in [-0.3, -0.25) is 33.8 Å². The maximum atomic E-state index is 14.7.